The van der Waals surface area contributed by atoms with Crippen molar-refractivity contribution >= 4 is 17.4 Å². The largest absolute Gasteiger partial charge is 0.409 e. The van der Waals surface area contributed by atoms with Crippen molar-refractivity contribution in [1.82, 2.24) is 0 Å². The van der Waals surface area contributed by atoms with Gasteiger partial charge in [0.15, 0.2) is 5.84 Å². The second-order valence-corrected chi connectivity index (χ2v) is 3.73. The molecule has 0 aromatic heterocycles. The number of halogens is 1. The summed E-state index contributed by atoms with van der Waals surface area (Å²) in [7, 11) is 0. The van der Waals surface area contributed by atoms with Gasteiger partial charge in [-0.3, -0.25) is 0 Å². The highest BCUT2D eigenvalue weighted by atomic mass is 35.5. The second-order valence-electron chi connectivity index (χ2n) is 3.32. The van der Waals surface area contributed by atoms with Gasteiger partial charge in [-0.1, -0.05) is 41.9 Å². The van der Waals surface area contributed by atoms with Crippen LogP contribution in [0, 0.1) is 0 Å². The maximum absolute atomic E-state index is 8.54. The second kappa shape index (κ2) is 6.35. The van der Waals surface area contributed by atoms with Gasteiger partial charge >= 0.3 is 0 Å². The molecule has 0 saturated heterocycles. The summed E-state index contributed by atoms with van der Waals surface area (Å²) in [4.78, 5) is 0. The maximum atomic E-state index is 8.54. The van der Waals surface area contributed by atoms with Gasteiger partial charge in [0.25, 0.3) is 0 Å². The van der Waals surface area contributed by atoms with E-state index in [2.05, 4.69) is 5.16 Å². The number of nitrogens with zero attached hydrogens (tertiary/aromatic N) is 1. The van der Waals surface area contributed by atoms with E-state index in [1.54, 1.807) is 6.07 Å². The summed E-state index contributed by atoms with van der Waals surface area (Å²) in [6, 6.07) is 7.41. The Balaban J connectivity index is 2.60. The first kappa shape index (κ1) is 12.8. The summed E-state index contributed by atoms with van der Waals surface area (Å²) >= 11 is 5.97. The van der Waals surface area contributed by atoms with Crippen molar-refractivity contribution in [2.75, 3.05) is 0 Å². The normalized spacial score (nSPS) is 13.8. The van der Waals surface area contributed by atoms with Crippen LogP contribution in [0.3, 0.4) is 0 Å². The minimum absolute atomic E-state index is 0.0783. The Bertz CT molecular complexity index is 369. The smallest absolute Gasteiger partial charge is 0.168 e. The molecule has 0 fully saturated rings. The molecule has 0 spiro atoms. The number of oxime groups is 1. The zero-order valence-corrected chi connectivity index (χ0v) is 9.81. The Kier molecular flexibility index (Phi) is 5.08. The molecule has 0 bridgehead atoms. The number of nitrogens with two attached hydrogens (primary N) is 1. The van der Waals surface area contributed by atoms with Crippen LogP contribution in [0.2, 0.25) is 5.02 Å². The summed E-state index contributed by atoms with van der Waals surface area (Å²) in [6.07, 6.45) is 0.252. The lowest BCUT2D eigenvalue weighted by Gasteiger charge is -2.14. The minimum Gasteiger partial charge on any atom is -0.409 e. The molecular weight excluding hydrogens is 228 g/mol. The SMILES string of the molecule is CCC(OCc1ccccc1Cl)C(N)=NO. The highest BCUT2D eigenvalue weighted by molar-refractivity contribution is 6.31. The third-order valence-electron chi connectivity index (χ3n) is 2.21. The van der Waals surface area contributed by atoms with Crippen molar-refractivity contribution in [2.45, 2.75) is 26.1 Å². The van der Waals surface area contributed by atoms with Crippen LogP contribution in [0.4, 0.5) is 0 Å². The van der Waals surface area contributed by atoms with E-state index in [9.17, 15) is 0 Å². The van der Waals surface area contributed by atoms with Crippen molar-refractivity contribution in [3.63, 3.8) is 0 Å². The van der Waals surface area contributed by atoms with Gasteiger partial charge in [0.2, 0.25) is 0 Å². The molecule has 16 heavy (non-hydrogen) atoms. The predicted molar refractivity (Wildman–Crippen MR) is 63.7 cm³/mol. The van der Waals surface area contributed by atoms with Crippen molar-refractivity contribution in [3.05, 3.63) is 34.9 Å². The van der Waals surface area contributed by atoms with Crippen LogP contribution in [0.1, 0.15) is 18.9 Å². The first-order valence-electron chi connectivity index (χ1n) is 5.01. The zero-order chi connectivity index (χ0) is 12.0. The molecular formula is C11H15ClN2O2. The lowest BCUT2D eigenvalue weighted by Crippen LogP contribution is -2.30. The molecule has 0 aliphatic carbocycles. The molecule has 88 valence electrons. The molecule has 0 heterocycles. The van der Waals surface area contributed by atoms with E-state index in [4.69, 9.17) is 27.3 Å². The van der Waals surface area contributed by atoms with E-state index in [-0.39, 0.29) is 11.9 Å². The quantitative estimate of drug-likeness (QED) is 0.361. The summed E-state index contributed by atoms with van der Waals surface area (Å²) in [5.74, 6) is 0.0783. The molecule has 1 rings (SSSR count). The first-order chi connectivity index (χ1) is 7.69. The number of hydrogen-bond donors (Lipinski definition) is 2. The fraction of sp³-hybridized carbons (Fsp3) is 0.364. The Hall–Kier alpha value is -1.26. The van der Waals surface area contributed by atoms with Gasteiger partial charge in [-0.2, -0.15) is 0 Å². The number of benzene rings is 1. The lowest BCUT2D eigenvalue weighted by atomic mass is 10.2. The van der Waals surface area contributed by atoms with E-state index in [1.807, 2.05) is 25.1 Å². The van der Waals surface area contributed by atoms with Gasteiger partial charge in [0.05, 0.1) is 6.61 Å². The van der Waals surface area contributed by atoms with Crippen molar-refractivity contribution in [2.24, 2.45) is 10.9 Å². The average Bonchev–Trinajstić information content (AvgIpc) is 2.31. The third-order valence-corrected chi connectivity index (χ3v) is 2.58. The molecule has 1 aromatic carbocycles. The third kappa shape index (κ3) is 3.40. The summed E-state index contributed by atoms with van der Waals surface area (Å²) in [5, 5.41) is 12.1. The Morgan fingerprint density at radius 2 is 2.25 bits per heavy atom. The molecule has 0 radical (unpaired) electrons. The highest BCUT2D eigenvalue weighted by Gasteiger charge is 2.12. The van der Waals surface area contributed by atoms with Gasteiger partial charge in [0, 0.05) is 5.02 Å². The molecule has 3 N–H and O–H groups in total. The van der Waals surface area contributed by atoms with E-state index in [1.165, 1.54) is 0 Å². The standard InChI is InChI=1S/C11H15ClN2O2/c1-2-10(11(13)14-15)16-7-8-5-3-4-6-9(8)12/h3-6,10,15H,2,7H2,1H3,(H2,13,14). The van der Waals surface area contributed by atoms with Crippen LogP contribution in [0.25, 0.3) is 0 Å². The molecule has 0 aliphatic heterocycles. The van der Waals surface area contributed by atoms with Crippen LogP contribution >= 0.6 is 11.6 Å². The van der Waals surface area contributed by atoms with Crippen LogP contribution < -0.4 is 5.73 Å². The Labute approximate surface area is 99.7 Å². The monoisotopic (exact) mass is 242 g/mol. The first-order valence-corrected chi connectivity index (χ1v) is 5.39. The Morgan fingerprint density at radius 1 is 1.56 bits per heavy atom. The number of hydrogen-bond acceptors (Lipinski definition) is 3. The van der Waals surface area contributed by atoms with Gasteiger partial charge in [-0.25, -0.2) is 0 Å². The van der Waals surface area contributed by atoms with Crippen LogP contribution in [0.15, 0.2) is 29.4 Å². The Morgan fingerprint density at radius 3 is 2.81 bits per heavy atom. The lowest BCUT2D eigenvalue weighted by molar-refractivity contribution is 0.0789. The topological polar surface area (TPSA) is 67.8 Å². The number of ether oxygens (including phenoxy) is 1. The molecule has 1 atom stereocenters. The molecule has 5 heteroatoms. The number of amidine groups is 1. The van der Waals surface area contributed by atoms with Crippen LogP contribution in [0.5, 0.6) is 0 Å². The summed E-state index contributed by atoms with van der Waals surface area (Å²) < 4.78 is 5.51. The molecule has 0 aliphatic rings. The van der Waals surface area contributed by atoms with Crippen molar-refractivity contribution < 1.29 is 9.94 Å². The fourth-order valence-electron chi connectivity index (χ4n) is 1.28. The summed E-state index contributed by atoms with van der Waals surface area (Å²) in [5.41, 5.74) is 6.35. The molecule has 0 amide bonds. The molecule has 4 nitrogen and oxygen atoms in total. The van der Waals surface area contributed by atoms with Gasteiger partial charge in [-0.15, -0.1) is 0 Å². The van der Waals surface area contributed by atoms with Gasteiger partial charge in [0.1, 0.15) is 6.10 Å². The number of rotatable bonds is 5. The minimum atomic E-state index is -0.388. The predicted octanol–water partition coefficient (Wildman–Crippen LogP) is 2.38. The summed E-state index contributed by atoms with van der Waals surface area (Å²) in [6.45, 7) is 2.24. The molecule has 1 unspecified atom stereocenters. The molecule has 1 aromatic rings. The maximum Gasteiger partial charge on any atom is 0.168 e. The molecule has 0 saturated carbocycles. The van der Waals surface area contributed by atoms with Crippen LogP contribution in [-0.4, -0.2) is 17.1 Å². The van der Waals surface area contributed by atoms with Crippen LogP contribution in [-0.2, 0) is 11.3 Å². The van der Waals surface area contributed by atoms with Crippen molar-refractivity contribution in [3.8, 4) is 0 Å². The van der Waals surface area contributed by atoms with E-state index in [0.29, 0.717) is 18.1 Å². The van der Waals surface area contributed by atoms with E-state index < -0.39 is 0 Å². The zero-order valence-electron chi connectivity index (χ0n) is 9.06. The average molecular weight is 243 g/mol. The highest BCUT2D eigenvalue weighted by Crippen LogP contribution is 2.16. The fourth-order valence-corrected chi connectivity index (χ4v) is 1.47. The van der Waals surface area contributed by atoms with Gasteiger partial charge in [-0.05, 0) is 18.1 Å². The van der Waals surface area contributed by atoms with Crippen molar-refractivity contribution in [1.29, 1.82) is 0 Å². The van der Waals surface area contributed by atoms with Gasteiger partial charge < -0.3 is 15.7 Å². The van der Waals surface area contributed by atoms with E-state index >= 15 is 0 Å². The van der Waals surface area contributed by atoms with E-state index in [0.717, 1.165) is 5.56 Å².